The summed E-state index contributed by atoms with van der Waals surface area (Å²) in [6.07, 6.45) is 2.27. The Morgan fingerprint density at radius 3 is 2.53 bits per heavy atom. The number of benzene rings is 2. The van der Waals surface area contributed by atoms with Crippen molar-refractivity contribution in [1.82, 2.24) is 20.5 Å². The number of anilines is 1. The van der Waals surface area contributed by atoms with Gasteiger partial charge in [0.15, 0.2) is 0 Å². The average molecular weight is 512 g/mol. The summed E-state index contributed by atoms with van der Waals surface area (Å²) in [6, 6.07) is 16.0. The van der Waals surface area contributed by atoms with E-state index in [-0.39, 0.29) is 30.8 Å². The number of carbonyl (C=O) groups is 4. The van der Waals surface area contributed by atoms with Crippen LogP contribution in [-0.2, 0) is 21.7 Å². The second-order valence-corrected chi connectivity index (χ2v) is 10.2. The molecule has 9 heteroatoms. The molecule has 1 aromatic heterocycles. The fraction of sp³-hybridized carbons (Fsp3) is 0.276. The zero-order chi connectivity index (χ0) is 27.0. The molecule has 1 saturated heterocycles. The summed E-state index contributed by atoms with van der Waals surface area (Å²) < 4.78 is 0. The second kappa shape index (κ2) is 9.74. The predicted molar refractivity (Wildman–Crippen MR) is 142 cm³/mol. The van der Waals surface area contributed by atoms with E-state index < -0.39 is 17.5 Å². The van der Waals surface area contributed by atoms with E-state index in [1.165, 1.54) is 4.90 Å². The summed E-state index contributed by atoms with van der Waals surface area (Å²) in [5, 5.41) is 8.17. The third kappa shape index (κ3) is 4.87. The van der Waals surface area contributed by atoms with Gasteiger partial charge in [-0.2, -0.15) is 0 Å². The number of carbonyl (C=O) groups excluding carboxylic acids is 4. The van der Waals surface area contributed by atoms with Crippen LogP contribution in [0.15, 0.2) is 60.8 Å². The molecule has 1 unspecified atom stereocenters. The number of imide groups is 1. The van der Waals surface area contributed by atoms with E-state index in [2.05, 4.69) is 20.9 Å². The molecule has 38 heavy (non-hydrogen) atoms. The number of nitrogens with one attached hydrogen (secondary N) is 3. The number of fused-ring (bicyclic) bond motifs is 1. The molecule has 1 fully saturated rings. The first-order valence-electron chi connectivity index (χ1n) is 12.5. The highest BCUT2D eigenvalue weighted by atomic mass is 16.2. The normalized spacial score (nSPS) is 17.2. The molecule has 2 aliphatic heterocycles. The molecule has 0 radical (unpaired) electrons. The average Bonchev–Trinajstić information content (AvgIpc) is 3.19. The molecule has 2 aromatic carbocycles. The van der Waals surface area contributed by atoms with Crippen LogP contribution in [0.1, 0.15) is 53.9 Å². The minimum Gasteiger partial charge on any atom is -0.329 e. The highest BCUT2D eigenvalue weighted by Gasteiger charge is 2.39. The molecule has 3 heterocycles. The Morgan fingerprint density at radius 2 is 1.82 bits per heavy atom. The Hall–Kier alpha value is -4.53. The molecule has 0 spiro atoms. The predicted octanol–water partition coefficient (Wildman–Crippen LogP) is 3.87. The molecule has 5 amide bonds. The van der Waals surface area contributed by atoms with Crippen molar-refractivity contribution in [2.75, 3.05) is 5.32 Å². The Balaban J connectivity index is 1.24. The smallest absolute Gasteiger partial charge is 0.319 e. The Kier molecular flexibility index (Phi) is 6.44. The van der Waals surface area contributed by atoms with E-state index in [4.69, 9.17) is 0 Å². The van der Waals surface area contributed by atoms with Crippen molar-refractivity contribution in [3.05, 3.63) is 83.2 Å². The van der Waals surface area contributed by atoms with Crippen LogP contribution in [0.4, 0.5) is 10.5 Å². The minimum absolute atomic E-state index is 0.200. The standard InChI is InChI=1S/C29H29N5O4/c1-17-22(5-4-14-30-17)18-6-8-20(9-7-18)29(2,3)33-28(38)31-21-10-11-23-19(15-21)16-34(27(23)37)24-12-13-25(35)32-26(24)36/h4-11,14-15,24H,12-13,16H2,1-3H3,(H2,31,33,38)(H,32,35,36). The van der Waals surface area contributed by atoms with Crippen LogP contribution in [0, 0.1) is 6.92 Å². The fourth-order valence-electron chi connectivity index (χ4n) is 5.03. The summed E-state index contributed by atoms with van der Waals surface area (Å²) in [7, 11) is 0. The Bertz CT molecular complexity index is 1450. The zero-order valence-electron chi connectivity index (χ0n) is 21.5. The maximum absolute atomic E-state index is 12.9. The lowest BCUT2D eigenvalue weighted by Crippen LogP contribution is -2.52. The monoisotopic (exact) mass is 511 g/mol. The molecule has 0 bridgehead atoms. The summed E-state index contributed by atoms with van der Waals surface area (Å²) in [5.74, 6) is -1.03. The third-order valence-electron chi connectivity index (χ3n) is 7.13. The van der Waals surface area contributed by atoms with Gasteiger partial charge in [0, 0.05) is 41.7 Å². The highest BCUT2D eigenvalue weighted by molar-refractivity contribution is 6.05. The number of urea groups is 1. The molecule has 5 rings (SSSR count). The fourth-order valence-corrected chi connectivity index (χ4v) is 5.03. The highest BCUT2D eigenvalue weighted by Crippen LogP contribution is 2.30. The van der Waals surface area contributed by atoms with Gasteiger partial charge in [0.05, 0.1) is 5.54 Å². The summed E-state index contributed by atoms with van der Waals surface area (Å²) >= 11 is 0. The van der Waals surface area contributed by atoms with Gasteiger partial charge in [0.1, 0.15) is 6.04 Å². The maximum atomic E-state index is 12.9. The van der Waals surface area contributed by atoms with Crippen LogP contribution in [-0.4, -0.2) is 39.7 Å². The first kappa shape index (κ1) is 25.1. The number of hydrogen-bond acceptors (Lipinski definition) is 5. The van der Waals surface area contributed by atoms with Crippen LogP contribution in [0.3, 0.4) is 0 Å². The third-order valence-corrected chi connectivity index (χ3v) is 7.13. The Morgan fingerprint density at radius 1 is 1.05 bits per heavy atom. The van der Waals surface area contributed by atoms with E-state index in [9.17, 15) is 19.2 Å². The van der Waals surface area contributed by atoms with Crippen LogP contribution in [0.25, 0.3) is 11.1 Å². The van der Waals surface area contributed by atoms with Crippen molar-refractivity contribution >= 4 is 29.4 Å². The van der Waals surface area contributed by atoms with Gasteiger partial charge in [-0.05, 0) is 68.1 Å². The van der Waals surface area contributed by atoms with Crippen molar-refractivity contribution in [1.29, 1.82) is 0 Å². The van der Waals surface area contributed by atoms with E-state index in [1.807, 2.05) is 57.2 Å². The first-order chi connectivity index (χ1) is 18.1. The van der Waals surface area contributed by atoms with Crippen molar-refractivity contribution in [3.63, 3.8) is 0 Å². The van der Waals surface area contributed by atoms with Crippen molar-refractivity contribution < 1.29 is 19.2 Å². The number of pyridine rings is 1. The first-order valence-corrected chi connectivity index (χ1v) is 12.5. The SMILES string of the molecule is Cc1ncccc1-c1ccc(C(C)(C)NC(=O)Nc2ccc3c(c2)CN(C2CCC(=O)NC2=O)C3=O)cc1. The van der Waals surface area contributed by atoms with E-state index >= 15 is 0 Å². The van der Waals surface area contributed by atoms with Crippen LogP contribution < -0.4 is 16.0 Å². The zero-order valence-corrected chi connectivity index (χ0v) is 21.5. The van der Waals surface area contributed by atoms with Crippen LogP contribution >= 0.6 is 0 Å². The summed E-state index contributed by atoms with van der Waals surface area (Å²) in [4.78, 5) is 55.4. The molecule has 3 aromatic rings. The van der Waals surface area contributed by atoms with Gasteiger partial charge in [-0.3, -0.25) is 24.7 Å². The van der Waals surface area contributed by atoms with Crippen molar-refractivity contribution in [2.24, 2.45) is 0 Å². The summed E-state index contributed by atoms with van der Waals surface area (Å²) in [5.41, 5.74) is 5.11. The lowest BCUT2D eigenvalue weighted by Gasteiger charge is -2.29. The topological polar surface area (TPSA) is 120 Å². The molecular weight excluding hydrogens is 482 g/mol. The van der Waals surface area contributed by atoms with Gasteiger partial charge < -0.3 is 15.5 Å². The summed E-state index contributed by atoms with van der Waals surface area (Å²) in [6.45, 7) is 6.07. The van der Waals surface area contributed by atoms with Gasteiger partial charge in [-0.1, -0.05) is 30.3 Å². The van der Waals surface area contributed by atoms with Gasteiger partial charge >= 0.3 is 6.03 Å². The Labute approximate surface area is 220 Å². The minimum atomic E-state index is -0.679. The van der Waals surface area contributed by atoms with Gasteiger partial charge in [0.25, 0.3) is 5.91 Å². The lowest BCUT2D eigenvalue weighted by atomic mass is 9.92. The number of hydrogen-bond donors (Lipinski definition) is 3. The second-order valence-electron chi connectivity index (χ2n) is 10.2. The molecule has 9 nitrogen and oxygen atoms in total. The number of rotatable bonds is 5. The van der Waals surface area contributed by atoms with E-state index in [0.717, 1.165) is 27.9 Å². The molecule has 1 atom stereocenters. The van der Waals surface area contributed by atoms with Crippen molar-refractivity contribution in [3.8, 4) is 11.1 Å². The molecule has 194 valence electrons. The van der Waals surface area contributed by atoms with Gasteiger partial charge in [-0.25, -0.2) is 4.79 Å². The number of nitrogens with zero attached hydrogens (tertiary/aromatic N) is 2. The van der Waals surface area contributed by atoms with Gasteiger partial charge in [0.2, 0.25) is 11.8 Å². The van der Waals surface area contributed by atoms with E-state index in [0.29, 0.717) is 17.7 Å². The van der Waals surface area contributed by atoms with Gasteiger partial charge in [-0.15, -0.1) is 0 Å². The number of aryl methyl sites for hydroxylation is 1. The molecular formula is C29H29N5O4. The van der Waals surface area contributed by atoms with Crippen molar-refractivity contribution in [2.45, 2.75) is 51.7 Å². The van der Waals surface area contributed by atoms with E-state index in [1.54, 1.807) is 24.4 Å². The number of aromatic nitrogens is 1. The molecule has 3 N–H and O–H groups in total. The maximum Gasteiger partial charge on any atom is 0.319 e. The molecule has 0 aliphatic carbocycles. The lowest BCUT2D eigenvalue weighted by molar-refractivity contribution is -0.136. The molecule has 0 saturated carbocycles. The largest absolute Gasteiger partial charge is 0.329 e. The van der Waals surface area contributed by atoms with Crippen LogP contribution in [0.2, 0.25) is 0 Å². The number of piperidine rings is 1. The quantitative estimate of drug-likeness (QED) is 0.449. The van der Waals surface area contributed by atoms with Crippen LogP contribution in [0.5, 0.6) is 0 Å². The number of amides is 5. The molecule has 2 aliphatic rings.